The van der Waals surface area contributed by atoms with Gasteiger partial charge in [-0.05, 0) is 36.1 Å². The zero-order valence-electron chi connectivity index (χ0n) is 8.91. The van der Waals surface area contributed by atoms with Gasteiger partial charge >= 0.3 is 0 Å². The lowest BCUT2D eigenvalue weighted by Crippen LogP contribution is -1.89. The Morgan fingerprint density at radius 3 is 2.64 bits per heavy atom. The van der Waals surface area contributed by atoms with Gasteiger partial charge in [-0.3, -0.25) is 4.98 Å². The minimum atomic E-state index is 0.571. The van der Waals surface area contributed by atoms with Crippen LogP contribution in [0.1, 0.15) is 30.9 Å². The molecule has 1 aromatic heterocycles. The molecule has 0 N–H and O–H groups in total. The van der Waals surface area contributed by atoms with Gasteiger partial charge in [0.1, 0.15) is 0 Å². The summed E-state index contributed by atoms with van der Waals surface area (Å²) >= 11 is 0. The average Bonchev–Trinajstić information content (AvgIpc) is 2.17. The van der Waals surface area contributed by atoms with Gasteiger partial charge in [-0.1, -0.05) is 26.0 Å². The lowest BCUT2D eigenvalue weighted by atomic mass is 10.0. The number of pyridine rings is 1. The molecule has 0 saturated heterocycles. The van der Waals surface area contributed by atoms with Gasteiger partial charge < -0.3 is 0 Å². The predicted molar refractivity (Wildman–Crippen MR) is 60.6 cm³/mol. The number of benzene rings is 1. The minimum absolute atomic E-state index is 0.571. The normalized spacial score (nSPS) is 11.1. The van der Waals surface area contributed by atoms with Crippen LogP contribution in [-0.2, 0) is 0 Å². The summed E-state index contributed by atoms with van der Waals surface area (Å²) in [6.45, 7) is 6.53. The Bertz CT molecular complexity index is 458. The third kappa shape index (κ3) is 1.50. The molecule has 0 radical (unpaired) electrons. The molecule has 72 valence electrons. The minimum Gasteiger partial charge on any atom is -0.256 e. The van der Waals surface area contributed by atoms with Crippen LogP contribution in [0.4, 0.5) is 0 Å². The first-order valence-electron chi connectivity index (χ1n) is 5.04. The van der Waals surface area contributed by atoms with E-state index in [1.165, 1.54) is 16.5 Å². The topological polar surface area (TPSA) is 12.9 Å². The van der Waals surface area contributed by atoms with Gasteiger partial charge in [-0.2, -0.15) is 0 Å². The molecule has 0 unspecified atom stereocenters. The second-order valence-corrected chi connectivity index (χ2v) is 4.06. The van der Waals surface area contributed by atoms with Crippen molar-refractivity contribution in [1.82, 2.24) is 4.98 Å². The Balaban J connectivity index is 2.67. The zero-order valence-corrected chi connectivity index (χ0v) is 8.91. The van der Waals surface area contributed by atoms with Crippen LogP contribution in [0.15, 0.2) is 30.5 Å². The molecule has 14 heavy (non-hydrogen) atoms. The molecule has 1 heterocycles. The van der Waals surface area contributed by atoms with Gasteiger partial charge in [0.25, 0.3) is 0 Å². The van der Waals surface area contributed by atoms with Crippen molar-refractivity contribution in [2.45, 2.75) is 26.7 Å². The molecule has 0 amide bonds. The molecule has 0 saturated carbocycles. The van der Waals surface area contributed by atoms with Crippen LogP contribution in [0.5, 0.6) is 0 Å². The van der Waals surface area contributed by atoms with Gasteiger partial charge in [0, 0.05) is 11.6 Å². The van der Waals surface area contributed by atoms with Crippen LogP contribution in [0, 0.1) is 6.92 Å². The van der Waals surface area contributed by atoms with E-state index in [0.29, 0.717) is 5.92 Å². The van der Waals surface area contributed by atoms with E-state index in [1.807, 2.05) is 6.20 Å². The van der Waals surface area contributed by atoms with Crippen LogP contribution < -0.4 is 0 Å². The highest BCUT2D eigenvalue weighted by Crippen LogP contribution is 2.21. The maximum absolute atomic E-state index is 4.39. The first-order chi connectivity index (χ1) is 6.68. The fourth-order valence-electron chi connectivity index (χ4n) is 1.67. The van der Waals surface area contributed by atoms with E-state index < -0.39 is 0 Å². The van der Waals surface area contributed by atoms with Gasteiger partial charge in [0.05, 0.1) is 5.52 Å². The maximum Gasteiger partial charge on any atom is 0.0707 e. The molecular formula is C13H15N. The summed E-state index contributed by atoms with van der Waals surface area (Å²) in [5.41, 5.74) is 3.76. The van der Waals surface area contributed by atoms with E-state index >= 15 is 0 Å². The van der Waals surface area contributed by atoms with Gasteiger partial charge in [-0.25, -0.2) is 0 Å². The molecule has 0 aliphatic heterocycles. The molecule has 2 rings (SSSR count). The average molecular weight is 185 g/mol. The zero-order chi connectivity index (χ0) is 10.1. The van der Waals surface area contributed by atoms with Crippen molar-refractivity contribution in [2.75, 3.05) is 0 Å². The van der Waals surface area contributed by atoms with Crippen molar-refractivity contribution in [2.24, 2.45) is 0 Å². The van der Waals surface area contributed by atoms with Crippen molar-refractivity contribution >= 4 is 10.9 Å². The predicted octanol–water partition coefficient (Wildman–Crippen LogP) is 3.67. The molecular weight excluding hydrogens is 170 g/mol. The lowest BCUT2D eigenvalue weighted by molar-refractivity contribution is 0.868. The molecule has 0 spiro atoms. The van der Waals surface area contributed by atoms with Crippen molar-refractivity contribution < 1.29 is 0 Å². The van der Waals surface area contributed by atoms with Crippen LogP contribution in [0.2, 0.25) is 0 Å². The van der Waals surface area contributed by atoms with Crippen molar-refractivity contribution in [3.05, 3.63) is 41.6 Å². The SMILES string of the molecule is Cc1ccnc2cc(C(C)C)ccc12. The second kappa shape index (κ2) is 3.41. The largest absolute Gasteiger partial charge is 0.256 e. The fraction of sp³-hybridized carbons (Fsp3) is 0.308. The smallest absolute Gasteiger partial charge is 0.0707 e. The number of nitrogens with zero attached hydrogens (tertiary/aromatic N) is 1. The Kier molecular flexibility index (Phi) is 2.24. The summed E-state index contributed by atoms with van der Waals surface area (Å²) in [6, 6.07) is 8.61. The van der Waals surface area contributed by atoms with Crippen LogP contribution in [0.25, 0.3) is 10.9 Å². The highest BCUT2D eigenvalue weighted by molar-refractivity contribution is 5.82. The Hall–Kier alpha value is -1.37. The standard InChI is InChI=1S/C13H15N/c1-9(2)11-4-5-12-10(3)6-7-14-13(12)8-11/h4-9H,1-3H3. The highest BCUT2D eigenvalue weighted by atomic mass is 14.6. The van der Waals surface area contributed by atoms with E-state index in [2.05, 4.69) is 50.0 Å². The Morgan fingerprint density at radius 2 is 1.93 bits per heavy atom. The fourth-order valence-corrected chi connectivity index (χ4v) is 1.67. The number of hydrogen-bond donors (Lipinski definition) is 0. The molecule has 0 fully saturated rings. The van der Waals surface area contributed by atoms with Gasteiger partial charge in [0.15, 0.2) is 0 Å². The molecule has 0 aliphatic rings. The molecule has 0 aliphatic carbocycles. The third-order valence-corrected chi connectivity index (χ3v) is 2.65. The van der Waals surface area contributed by atoms with E-state index in [-0.39, 0.29) is 0 Å². The molecule has 0 bridgehead atoms. The molecule has 2 aromatic rings. The molecule has 1 aromatic carbocycles. The van der Waals surface area contributed by atoms with E-state index in [4.69, 9.17) is 0 Å². The van der Waals surface area contributed by atoms with E-state index in [0.717, 1.165) is 5.52 Å². The van der Waals surface area contributed by atoms with Crippen molar-refractivity contribution in [3.8, 4) is 0 Å². The van der Waals surface area contributed by atoms with Gasteiger partial charge in [-0.15, -0.1) is 0 Å². The summed E-state index contributed by atoms with van der Waals surface area (Å²) < 4.78 is 0. The summed E-state index contributed by atoms with van der Waals surface area (Å²) in [4.78, 5) is 4.39. The molecule has 1 nitrogen and oxygen atoms in total. The summed E-state index contributed by atoms with van der Waals surface area (Å²) in [5, 5.41) is 1.26. The summed E-state index contributed by atoms with van der Waals surface area (Å²) in [7, 11) is 0. The van der Waals surface area contributed by atoms with Crippen LogP contribution >= 0.6 is 0 Å². The Morgan fingerprint density at radius 1 is 1.14 bits per heavy atom. The number of hydrogen-bond acceptors (Lipinski definition) is 1. The summed E-state index contributed by atoms with van der Waals surface area (Å²) in [6.07, 6.45) is 1.88. The van der Waals surface area contributed by atoms with E-state index in [9.17, 15) is 0 Å². The first kappa shape index (κ1) is 9.20. The Labute approximate surface area is 84.8 Å². The maximum atomic E-state index is 4.39. The first-order valence-corrected chi connectivity index (χ1v) is 5.04. The van der Waals surface area contributed by atoms with Crippen LogP contribution in [-0.4, -0.2) is 4.98 Å². The summed E-state index contributed by atoms with van der Waals surface area (Å²) in [5.74, 6) is 0.571. The van der Waals surface area contributed by atoms with Crippen LogP contribution in [0.3, 0.4) is 0 Å². The number of aromatic nitrogens is 1. The lowest BCUT2D eigenvalue weighted by Gasteiger charge is -2.07. The van der Waals surface area contributed by atoms with Crippen molar-refractivity contribution in [1.29, 1.82) is 0 Å². The molecule has 0 atom stereocenters. The second-order valence-electron chi connectivity index (χ2n) is 4.06. The van der Waals surface area contributed by atoms with Gasteiger partial charge in [0.2, 0.25) is 0 Å². The van der Waals surface area contributed by atoms with E-state index in [1.54, 1.807) is 0 Å². The quantitative estimate of drug-likeness (QED) is 0.660. The monoisotopic (exact) mass is 185 g/mol. The number of fused-ring (bicyclic) bond motifs is 1. The number of aryl methyl sites for hydroxylation is 1. The van der Waals surface area contributed by atoms with Crippen molar-refractivity contribution in [3.63, 3.8) is 0 Å². The third-order valence-electron chi connectivity index (χ3n) is 2.65. The highest BCUT2D eigenvalue weighted by Gasteiger charge is 2.02. The molecule has 1 heteroatoms. The number of rotatable bonds is 1.